The van der Waals surface area contributed by atoms with Crippen LogP contribution in [0.15, 0.2) is 41.5 Å². The van der Waals surface area contributed by atoms with Crippen LogP contribution >= 0.6 is 0 Å². The first-order valence-corrected chi connectivity index (χ1v) is 11.9. The van der Waals surface area contributed by atoms with Crippen molar-refractivity contribution in [2.24, 2.45) is 0 Å². The van der Waals surface area contributed by atoms with E-state index in [1.165, 1.54) is 23.1 Å². The van der Waals surface area contributed by atoms with Gasteiger partial charge >= 0.3 is 0 Å². The van der Waals surface area contributed by atoms with Gasteiger partial charge in [0.05, 0.1) is 0 Å². The van der Waals surface area contributed by atoms with E-state index in [4.69, 9.17) is 0 Å². The summed E-state index contributed by atoms with van der Waals surface area (Å²) in [6, 6.07) is 10.8. The number of aryl methyl sites for hydroxylation is 1. The third-order valence-corrected chi connectivity index (χ3v) is 9.68. The molecule has 0 aliphatic rings. The fourth-order valence-electron chi connectivity index (χ4n) is 2.13. The molecule has 126 valence electrons. The molecule has 0 unspecified atom stereocenters. The van der Waals surface area contributed by atoms with Gasteiger partial charge in [0.25, 0.3) is 0 Å². The van der Waals surface area contributed by atoms with E-state index >= 15 is 0 Å². The monoisotopic (exact) mass is 326 g/mol. The average Bonchev–Trinajstić information content (AvgIpc) is 2.49. The zero-order valence-electron chi connectivity index (χ0n) is 16.2. The van der Waals surface area contributed by atoms with E-state index in [2.05, 4.69) is 89.5 Å². The number of benzene rings is 1. The van der Waals surface area contributed by atoms with E-state index in [1.807, 2.05) is 0 Å². The Morgan fingerprint density at radius 2 is 1.70 bits per heavy atom. The summed E-state index contributed by atoms with van der Waals surface area (Å²) >= 11 is 0. The average molecular weight is 327 g/mol. The highest BCUT2D eigenvalue weighted by Crippen LogP contribution is 2.35. The molecule has 23 heavy (non-hydrogen) atoms. The first-order chi connectivity index (χ1) is 10.7. The molecule has 1 heteroatoms. The Balaban J connectivity index is 2.80. The molecule has 0 N–H and O–H groups in total. The van der Waals surface area contributed by atoms with Crippen molar-refractivity contribution in [3.05, 3.63) is 47.0 Å². The first-order valence-electron chi connectivity index (χ1n) is 8.93. The molecule has 0 radical (unpaired) electrons. The molecule has 0 fully saturated rings. The van der Waals surface area contributed by atoms with Gasteiger partial charge in [-0.25, -0.2) is 0 Å². The van der Waals surface area contributed by atoms with Crippen LogP contribution in [-0.4, -0.2) is 8.07 Å². The summed E-state index contributed by atoms with van der Waals surface area (Å²) in [5, 5.41) is 0.329. The minimum absolute atomic E-state index is 0.329. The van der Waals surface area contributed by atoms with Crippen molar-refractivity contribution in [1.29, 1.82) is 0 Å². The van der Waals surface area contributed by atoms with Gasteiger partial charge < -0.3 is 0 Å². The molecule has 0 atom stereocenters. The summed E-state index contributed by atoms with van der Waals surface area (Å²) in [5.74, 6) is 3.59. The molecule has 0 amide bonds. The van der Waals surface area contributed by atoms with Gasteiger partial charge in [0, 0.05) is 5.57 Å². The zero-order chi connectivity index (χ0) is 17.5. The summed E-state index contributed by atoms with van der Waals surface area (Å²) in [6.07, 6.45) is 4.54. The molecule has 0 aromatic heterocycles. The lowest BCUT2D eigenvalue weighted by Crippen LogP contribution is -2.35. The van der Waals surface area contributed by atoms with Gasteiger partial charge in [-0.2, -0.15) is 0 Å². The topological polar surface area (TPSA) is 0 Å². The van der Waals surface area contributed by atoms with Crippen molar-refractivity contribution in [3.8, 4) is 11.5 Å². The Labute approximate surface area is 145 Å². The second kappa shape index (κ2) is 8.55. The fraction of sp³-hybridized carbons (Fsp3) is 0.545. The third-order valence-electron chi connectivity index (χ3n) is 5.18. The summed E-state index contributed by atoms with van der Waals surface area (Å²) in [6.45, 7) is 16.3. The molecule has 0 saturated heterocycles. The maximum Gasteiger partial charge on any atom is 0.138 e. The van der Waals surface area contributed by atoms with Crippen molar-refractivity contribution in [2.45, 2.75) is 78.4 Å². The van der Waals surface area contributed by atoms with Crippen LogP contribution in [0.3, 0.4) is 0 Å². The molecule has 1 aromatic carbocycles. The molecule has 0 heterocycles. The number of hydrogen-bond donors (Lipinski definition) is 0. The Bertz CT molecular complexity index is 574. The van der Waals surface area contributed by atoms with Crippen LogP contribution in [0.2, 0.25) is 18.1 Å². The summed E-state index contributed by atoms with van der Waals surface area (Å²) < 4.78 is 0. The molecule has 0 aliphatic carbocycles. The maximum absolute atomic E-state index is 3.69. The van der Waals surface area contributed by atoms with Gasteiger partial charge in [-0.05, 0) is 43.2 Å². The van der Waals surface area contributed by atoms with Gasteiger partial charge in [0.15, 0.2) is 0 Å². The van der Waals surface area contributed by atoms with Gasteiger partial charge in [-0.1, -0.05) is 82.6 Å². The molecular formula is C22H34Si. The van der Waals surface area contributed by atoms with Crippen LogP contribution in [0.5, 0.6) is 0 Å². The van der Waals surface area contributed by atoms with Crippen molar-refractivity contribution >= 4 is 8.07 Å². The quantitative estimate of drug-likeness (QED) is 0.413. The lowest BCUT2D eigenvalue weighted by Gasteiger charge is -2.31. The molecule has 0 saturated carbocycles. The number of allylic oxidation sites excluding steroid dienone is 2. The smallest absolute Gasteiger partial charge is 0.126 e. The Morgan fingerprint density at radius 3 is 2.22 bits per heavy atom. The Hall–Kier alpha value is -1.26. The minimum Gasteiger partial charge on any atom is -0.126 e. The van der Waals surface area contributed by atoms with Crippen LogP contribution in [-0.2, 0) is 6.42 Å². The van der Waals surface area contributed by atoms with Gasteiger partial charge in [-0.15, -0.1) is 5.54 Å². The predicted molar refractivity (Wildman–Crippen MR) is 107 cm³/mol. The fourth-order valence-corrected chi connectivity index (χ4v) is 2.97. The predicted octanol–water partition coefficient (Wildman–Crippen LogP) is 6.79. The van der Waals surface area contributed by atoms with Crippen LogP contribution < -0.4 is 0 Å². The Morgan fingerprint density at radius 1 is 1.09 bits per heavy atom. The molecule has 0 spiro atoms. The highest BCUT2D eigenvalue weighted by Gasteiger charge is 2.33. The standard InChI is InChI=1S/C22H34Si/c1-8-19(2)21(17-18-23(6,7)22(3,4)5)16-12-15-20-13-10-9-11-14-20/h9-11,13-14H,8,12,15-16H2,1-7H3/b21-19-. The van der Waals surface area contributed by atoms with Gasteiger partial charge in [-0.3, -0.25) is 0 Å². The lowest BCUT2D eigenvalue weighted by molar-refractivity contribution is 0.731. The molecule has 1 aromatic rings. The van der Waals surface area contributed by atoms with Crippen molar-refractivity contribution in [1.82, 2.24) is 0 Å². The van der Waals surface area contributed by atoms with Crippen LogP contribution in [0.1, 0.15) is 59.4 Å². The highest BCUT2D eigenvalue weighted by atomic mass is 28.3. The largest absolute Gasteiger partial charge is 0.138 e. The van der Waals surface area contributed by atoms with E-state index in [-0.39, 0.29) is 0 Å². The molecule has 0 nitrogen and oxygen atoms in total. The van der Waals surface area contributed by atoms with Crippen LogP contribution in [0, 0.1) is 11.5 Å². The normalized spacial score (nSPS) is 13.2. The third kappa shape index (κ3) is 6.40. The maximum atomic E-state index is 3.69. The van der Waals surface area contributed by atoms with Crippen molar-refractivity contribution < 1.29 is 0 Å². The molecular weight excluding hydrogens is 292 g/mol. The van der Waals surface area contributed by atoms with E-state index in [9.17, 15) is 0 Å². The lowest BCUT2D eigenvalue weighted by atomic mass is 10.00. The second-order valence-electron chi connectivity index (χ2n) is 8.08. The molecule has 1 rings (SSSR count). The molecule has 0 aliphatic heterocycles. The van der Waals surface area contributed by atoms with Crippen molar-refractivity contribution in [2.75, 3.05) is 0 Å². The van der Waals surface area contributed by atoms with Crippen LogP contribution in [0.25, 0.3) is 0 Å². The SMILES string of the molecule is CC/C(C)=C(\C#C[Si](C)(C)C(C)(C)C)CCCc1ccccc1. The van der Waals surface area contributed by atoms with E-state index < -0.39 is 8.07 Å². The van der Waals surface area contributed by atoms with Crippen molar-refractivity contribution in [3.63, 3.8) is 0 Å². The highest BCUT2D eigenvalue weighted by molar-refractivity contribution is 6.87. The van der Waals surface area contributed by atoms with E-state index in [1.54, 1.807) is 0 Å². The van der Waals surface area contributed by atoms with E-state index in [0.29, 0.717) is 5.04 Å². The summed E-state index contributed by atoms with van der Waals surface area (Å²) in [5.41, 5.74) is 7.97. The van der Waals surface area contributed by atoms with E-state index in [0.717, 1.165) is 19.3 Å². The number of hydrogen-bond acceptors (Lipinski definition) is 0. The number of rotatable bonds is 5. The summed E-state index contributed by atoms with van der Waals surface area (Å²) in [4.78, 5) is 0. The zero-order valence-corrected chi connectivity index (χ0v) is 17.2. The Kier molecular flexibility index (Phi) is 7.35. The second-order valence-corrected chi connectivity index (χ2v) is 13.1. The minimum atomic E-state index is -1.52. The first kappa shape index (κ1) is 19.8. The van der Waals surface area contributed by atoms with Crippen LogP contribution in [0.4, 0.5) is 0 Å². The van der Waals surface area contributed by atoms with Gasteiger partial charge in [0.2, 0.25) is 0 Å². The molecule has 0 bridgehead atoms. The summed E-state index contributed by atoms with van der Waals surface area (Å²) in [7, 11) is -1.52. The van der Waals surface area contributed by atoms with Gasteiger partial charge in [0.1, 0.15) is 8.07 Å².